The zero-order chi connectivity index (χ0) is 9.07. The van der Waals surface area contributed by atoms with Gasteiger partial charge in [-0.1, -0.05) is 25.5 Å². The second kappa shape index (κ2) is 3.91. The maximum atomic E-state index is 9.48. The lowest BCUT2D eigenvalue weighted by Gasteiger charge is -2.28. The molecule has 1 nitrogen and oxygen atoms in total. The van der Waals surface area contributed by atoms with E-state index in [-0.39, 0.29) is 11.5 Å². The van der Waals surface area contributed by atoms with E-state index in [0.29, 0.717) is 0 Å². The van der Waals surface area contributed by atoms with Crippen LogP contribution in [0.3, 0.4) is 0 Å². The van der Waals surface area contributed by atoms with E-state index in [1.54, 1.807) is 0 Å². The summed E-state index contributed by atoms with van der Waals surface area (Å²) < 4.78 is 0. The second-order valence-electron chi connectivity index (χ2n) is 3.76. The normalized spacial score (nSPS) is 18.7. The Bertz CT molecular complexity index is 143. The number of allylic oxidation sites excluding steroid dienone is 1. The van der Waals surface area contributed by atoms with Crippen LogP contribution in [0.1, 0.15) is 41.0 Å². The quantitative estimate of drug-likeness (QED) is 0.623. The van der Waals surface area contributed by atoms with Crippen LogP contribution in [0.4, 0.5) is 0 Å². The van der Waals surface area contributed by atoms with Crippen molar-refractivity contribution in [1.29, 1.82) is 0 Å². The first kappa shape index (κ1) is 10.7. The highest BCUT2D eigenvalue weighted by molar-refractivity contribution is 5.05. The summed E-state index contributed by atoms with van der Waals surface area (Å²) in [7, 11) is 0. The monoisotopic (exact) mass is 156 g/mol. The third-order valence-corrected chi connectivity index (χ3v) is 2.33. The molecule has 2 atom stereocenters. The maximum Gasteiger partial charge on any atom is 0.0600 e. The molecule has 66 valence electrons. The molecule has 1 heteroatoms. The minimum absolute atomic E-state index is 0.0428. The van der Waals surface area contributed by atoms with E-state index in [1.165, 1.54) is 5.57 Å². The molecule has 0 heterocycles. The molecule has 0 radical (unpaired) electrons. The lowest BCUT2D eigenvalue weighted by molar-refractivity contribution is 0.0838. The molecule has 0 saturated carbocycles. The lowest BCUT2D eigenvalue weighted by atomic mass is 9.81. The topological polar surface area (TPSA) is 20.2 Å². The minimum Gasteiger partial charge on any atom is -0.393 e. The van der Waals surface area contributed by atoms with Crippen molar-refractivity contribution in [2.45, 2.75) is 47.1 Å². The summed E-state index contributed by atoms with van der Waals surface area (Å²) in [6.07, 6.45) is 2.87. The molecule has 2 unspecified atom stereocenters. The fourth-order valence-corrected chi connectivity index (χ4v) is 1.18. The van der Waals surface area contributed by atoms with Crippen molar-refractivity contribution in [2.24, 2.45) is 5.41 Å². The molecule has 0 aromatic rings. The maximum absolute atomic E-state index is 9.48. The molecule has 0 aliphatic heterocycles. The Hall–Kier alpha value is -0.300. The fourth-order valence-electron chi connectivity index (χ4n) is 1.18. The van der Waals surface area contributed by atoms with Gasteiger partial charge in [-0.15, -0.1) is 0 Å². The highest BCUT2D eigenvalue weighted by Gasteiger charge is 2.24. The number of hydrogen-bond acceptors (Lipinski definition) is 1. The fraction of sp³-hybridized carbons (Fsp3) is 0.800. The van der Waals surface area contributed by atoms with Crippen LogP contribution in [-0.2, 0) is 0 Å². The molecular weight excluding hydrogens is 136 g/mol. The number of aliphatic hydroxyl groups excluding tert-OH is 1. The molecule has 11 heavy (non-hydrogen) atoms. The van der Waals surface area contributed by atoms with Crippen LogP contribution in [0.2, 0.25) is 0 Å². The van der Waals surface area contributed by atoms with Crippen molar-refractivity contribution < 1.29 is 5.11 Å². The van der Waals surface area contributed by atoms with E-state index in [9.17, 15) is 5.11 Å². The smallest absolute Gasteiger partial charge is 0.0600 e. The van der Waals surface area contributed by atoms with Crippen LogP contribution < -0.4 is 0 Å². The van der Waals surface area contributed by atoms with E-state index in [1.807, 2.05) is 6.92 Å². The first-order valence-corrected chi connectivity index (χ1v) is 4.26. The Morgan fingerprint density at radius 3 is 2.09 bits per heavy atom. The van der Waals surface area contributed by atoms with Gasteiger partial charge in [-0.25, -0.2) is 0 Å². The molecule has 1 N–H and O–H groups in total. The summed E-state index contributed by atoms with van der Waals surface area (Å²) >= 11 is 0. The largest absolute Gasteiger partial charge is 0.393 e. The van der Waals surface area contributed by atoms with Crippen molar-refractivity contribution in [3.8, 4) is 0 Å². The molecule has 0 aliphatic rings. The molecule has 0 rings (SSSR count). The zero-order valence-corrected chi connectivity index (χ0v) is 8.31. The molecule has 0 fully saturated rings. The summed E-state index contributed by atoms with van der Waals surface area (Å²) in [6.45, 7) is 10.2. The number of aliphatic hydroxyl groups is 1. The van der Waals surface area contributed by atoms with Gasteiger partial charge in [0.1, 0.15) is 0 Å². The van der Waals surface area contributed by atoms with Crippen LogP contribution in [0.5, 0.6) is 0 Å². The number of rotatable bonds is 3. The van der Waals surface area contributed by atoms with Crippen LogP contribution >= 0.6 is 0 Å². The molecule has 0 bridgehead atoms. The van der Waals surface area contributed by atoms with Crippen molar-refractivity contribution >= 4 is 0 Å². The average Bonchev–Trinajstić information content (AvgIpc) is 1.86. The standard InChI is InChI=1S/C10H20O/c1-6-10(5,9(4)11)7-8(2)3/h7,9,11H,6H2,1-5H3. The number of hydrogen-bond donors (Lipinski definition) is 1. The lowest BCUT2D eigenvalue weighted by Crippen LogP contribution is -2.27. The Kier molecular flexibility index (Phi) is 3.81. The van der Waals surface area contributed by atoms with Gasteiger partial charge in [0.25, 0.3) is 0 Å². The third kappa shape index (κ3) is 3.06. The van der Waals surface area contributed by atoms with Crippen molar-refractivity contribution in [3.05, 3.63) is 11.6 Å². The van der Waals surface area contributed by atoms with Gasteiger partial charge in [0.05, 0.1) is 6.10 Å². The SMILES string of the molecule is CCC(C)(C=C(C)C)C(C)O. The van der Waals surface area contributed by atoms with Gasteiger partial charge in [-0.3, -0.25) is 0 Å². The zero-order valence-electron chi connectivity index (χ0n) is 8.31. The Morgan fingerprint density at radius 2 is 2.00 bits per heavy atom. The summed E-state index contributed by atoms with van der Waals surface area (Å²) in [5.74, 6) is 0. The predicted octanol–water partition coefficient (Wildman–Crippen LogP) is 2.75. The van der Waals surface area contributed by atoms with E-state index < -0.39 is 0 Å². The van der Waals surface area contributed by atoms with Gasteiger partial charge in [-0.2, -0.15) is 0 Å². The van der Waals surface area contributed by atoms with E-state index in [0.717, 1.165) is 6.42 Å². The Morgan fingerprint density at radius 1 is 1.55 bits per heavy atom. The third-order valence-electron chi connectivity index (χ3n) is 2.33. The van der Waals surface area contributed by atoms with Crippen LogP contribution in [0.25, 0.3) is 0 Å². The molecular formula is C10H20O. The Balaban J connectivity index is 4.48. The van der Waals surface area contributed by atoms with Gasteiger partial charge >= 0.3 is 0 Å². The van der Waals surface area contributed by atoms with Gasteiger partial charge in [0, 0.05) is 5.41 Å². The van der Waals surface area contributed by atoms with Crippen molar-refractivity contribution in [2.75, 3.05) is 0 Å². The van der Waals surface area contributed by atoms with Gasteiger partial charge < -0.3 is 5.11 Å². The summed E-state index contributed by atoms with van der Waals surface area (Å²) in [5.41, 5.74) is 1.23. The second-order valence-corrected chi connectivity index (χ2v) is 3.76. The van der Waals surface area contributed by atoms with Crippen molar-refractivity contribution in [3.63, 3.8) is 0 Å². The first-order valence-electron chi connectivity index (χ1n) is 4.26. The highest BCUT2D eigenvalue weighted by Crippen LogP contribution is 2.28. The minimum atomic E-state index is -0.262. The van der Waals surface area contributed by atoms with E-state index in [2.05, 4.69) is 33.8 Å². The molecule has 0 aromatic heterocycles. The van der Waals surface area contributed by atoms with Gasteiger partial charge in [-0.05, 0) is 27.2 Å². The summed E-state index contributed by atoms with van der Waals surface area (Å²) in [4.78, 5) is 0. The predicted molar refractivity (Wildman–Crippen MR) is 49.5 cm³/mol. The van der Waals surface area contributed by atoms with Crippen LogP contribution in [0.15, 0.2) is 11.6 Å². The average molecular weight is 156 g/mol. The Labute approximate surface area is 70.1 Å². The summed E-state index contributed by atoms with van der Waals surface area (Å²) in [6, 6.07) is 0. The highest BCUT2D eigenvalue weighted by atomic mass is 16.3. The molecule has 0 aliphatic carbocycles. The molecule has 0 saturated heterocycles. The molecule has 0 spiro atoms. The van der Waals surface area contributed by atoms with Gasteiger partial charge in [0.2, 0.25) is 0 Å². The van der Waals surface area contributed by atoms with Gasteiger partial charge in [0.15, 0.2) is 0 Å². The molecule has 0 aromatic carbocycles. The van der Waals surface area contributed by atoms with E-state index >= 15 is 0 Å². The summed E-state index contributed by atoms with van der Waals surface area (Å²) in [5, 5.41) is 9.48. The molecule has 0 amide bonds. The van der Waals surface area contributed by atoms with Crippen molar-refractivity contribution in [1.82, 2.24) is 0 Å². The van der Waals surface area contributed by atoms with Crippen LogP contribution in [0, 0.1) is 5.41 Å². The van der Waals surface area contributed by atoms with E-state index in [4.69, 9.17) is 0 Å². The first-order chi connectivity index (χ1) is 4.92. The van der Waals surface area contributed by atoms with Crippen LogP contribution in [-0.4, -0.2) is 11.2 Å².